The minimum Gasteiger partial charge on any atom is -0.343 e. The SMILES string of the molecule is CCN(CC)Cc1nc(C2(NC(=O)C3CC3)CCCC2)no1. The van der Waals surface area contributed by atoms with Gasteiger partial charge in [-0.3, -0.25) is 9.69 Å². The second kappa shape index (κ2) is 6.36. The minimum absolute atomic E-state index is 0.164. The number of rotatable bonds is 7. The predicted octanol–water partition coefficient (Wildman–Crippen LogP) is 2.21. The summed E-state index contributed by atoms with van der Waals surface area (Å²) in [7, 11) is 0. The van der Waals surface area contributed by atoms with E-state index in [0.717, 1.165) is 51.6 Å². The van der Waals surface area contributed by atoms with Crippen molar-refractivity contribution < 1.29 is 9.32 Å². The molecule has 0 radical (unpaired) electrons. The molecule has 0 bridgehead atoms. The first-order valence-corrected chi connectivity index (χ1v) is 8.54. The van der Waals surface area contributed by atoms with E-state index in [2.05, 4.69) is 34.2 Å². The summed E-state index contributed by atoms with van der Waals surface area (Å²) in [5.74, 6) is 1.68. The first kappa shape index (κ1) is 15.5. The number of carbonyl (C=O) groups excluding carboxylic acids is 1. The molecule has 1 aromatic rings. The predicted molar refractivity (Wildman–Crippen MR) is 81.9 cm³/mol. The fraction of sp³-hybridized carbons (Fsp3) is 0.812. The third-order valence-electron chi connectivity index (χ3n) is 4.92. The van der Waals surface area contributed by atoms with Crippen molar-refractivity contribution in [1.29, 1.82) is 0 Å². The van der Waals surface area contributed by atoms with E-state index < -0.39 is 5.54 Å². The van der Waals surface area contributed by atoms with Gasteiger partial charge in [0.1, 0.15) is 5.54 Å². The lowest BCUT2D eigenvalue weighted by Crippen LogP contribution is -2.45. The molecule has 122 valence electrons. The lowest BCUT2D eigenvalue weighted by atomic mass is 9.96. The maximum atomic E-state index is 12.2. The van der Waals surface area contributed by atoms with Gasteiger partial charge in [-0.25, -0.2) is 0 Å². The second-order valence-electron chi connectivity index (χ2n) is 6.53. The Hall–Kier alpha value is -1.43. The topological polar surface area (TPSA) is 71.3 Å². The molecule has 1 amide bonds. The average Bonchev–Trinajstić information content (AvgIpc) is 3.10. The molecule has 6 nitrogen and oxygen atoms in total. The normalized spacial score (nSPS) is 20.5. The molecule has 3 rings (SSSR count). The quantitative estimate of drug-likeness (QED) is 0.836. The smallest absolute Gasteiger partial charge is 0.240 e. The van der Waals surface area contributed by atoms with Crippen LogP contribution in [0.4, 0.5) is 0 Å². The Bertz CT molecular complexity index is 514. The summed E-state index contributed by atoms with van der Waals surface area (Å²) < 4.78 is 5.44. The van der Waals surface area contributed by atoms with Gasteiger partial charge in [-0.05, 0) is 38.8 Å². The van der Waals surface area contributed by atoms with Crippen molar-refractivity contribution in [1.82, 2.24) is 20.4 Å². The van der Waals surface area contributed by atoms with E-state index in [1.807, 2.05) is 0 Å². The van der Waals surface area contributed by atoms with Gasteiger partial charge >= 0.3 is 0 Å². The number of nitrogens with zero attached hydrogens (tertiary/aromatic N) is 3. The van der Waals surface area contributed by atoms with Gasteiger partial charge in [0.2, 0.25) is 11.8 Å². The highest BCUT2D eigenvalue weighted by Gasteiger charge is 2.44. The zero-order valence-electron chi connectivity index (χ0n) is 13.6. The van der Waals surface area contributed by atoms with Gasteiger partial charge in [0.25, 0.3) is 0 Å². The van der Waals surface area contributed by atoms with Crippen molar-refractivity contribution in [2.75, 3.05) is 13.1 Å². The largest absolute Gasteiger partial charge is 0.343 e. The number of amides is 1. The Balaban J connectivity index is 1.74. The van der Waals surface area contributed by atoms with Crippen LogP contribution in [0.2, 0.25) is 0 Å². The highest BCUT2D eigenvalue weighted by molar-refractivity contribution is 5.81. The molecule has 6 heteroatoms. The van der Waals surface area contributed by atoms with Gasteiger partial charge in [0.15, 0.2) is 5.82 Å². The molecule has 0 unspecified atom stereocenters. The highest BCUT2D eigenvalue weighted by atomic mass is 16.5. The van der Waals surface area contributed by atoms with Gasteiger partial charge in [0, 0.05) is 5.92 Å². The lowest BCUT2D eigenvalue weighted by Gasteiger charge is -2.26. The van der Waals surface area contributed by atoms with Crippen molar-refractivity contribution in [3.63, 3.8) is 0 Å². The van der Waals surface area contributed by atoms with Crippen molar-refractivity contribution in [2.24, 2.45) is 5.92 Å². The van der Waals surface area contributed by atoms with E-state index in [1.165, 1.54) is 0 Å². The van der Waals surface area contributed by atoms with Crippen LogP contribution in [0.5, 0.6) is 0 Å². The Morgan fingerprint density at radius 2 is 2.00 bits per heavy atom. The Morgan fingerprint density at radius 3 is 2.59 bits per heavy atom. The number of nitrogens with one attached hydrogen (secondary N) is 1. The van der Waals surface area contributed by atoms with Gasteiger partial charge < -0.3 is 9.84 Å². The fourth-order valence-corrected chi connectivity index (χ4v) is 3.22. The summed E-state index contributed by atoms with van der Waals surface area (Å²) in [5.41, 5.74) is -0.398. The van der Waals surface area contributed by atoms with E-state index in [1.54, 1.807) is 0 Å². The molecular formula is C16H26N4O2. The molecule has 0 atom stereocenters. The van der Waals surface area contributed by atoms with Crippen LogP contribution >= 0.6 is 0 Å². The van der Waals surface area contributed by atoms with Crippen LogP contribution in [0.15, 0.2) is 4.52 Å². The highest BCUT2D eigenvalue weighted by Crippen LogP contribution is 2.39. The second-order valence-corrected chi connectivity index (χ2v) is 6.53. The van der Waals surface area contributed by atoms with Gasteiger partial charge in [0.05, 0.1) is 6.54 Å². The monoisotopic (exact) mass is 306 g/mol. The standard InChI is InChI=1S/C16H26N4O2/c1-3-20(4-2)11-13-17-15(19-22-13)16(9-5-6-10-16)18-14(21)12-7-8-12/h12H,3-11H2,1-2H3,(H,18,21). The molecule has 0 aromatic carbocycles. The van der Waals surface area contributed by atoms with E-state index in [4.69, 9.17) is 4.52 Å². The van der Waals surface area contributed by atoms with Crippen LogP contribution in [0.3, 0.4) is 0 Å². The third-order valence-corrected chi connectivity index (χ3v) is 4.92. The summed E-state index contributed by atoms with van der Waals surface area (Å²) in [6.45, 7) is 6.83. The number of carbonyl (C=O) groups is 1. The molecule has 2 fully saturated rings. The molecule has 0 spiro atoms. The first-order valence-electron chi connectivity index (χ1n) is 8.54. The molecule has 0 aliphatic heterocycles. The molecule has 22 heavy (non-hydrogen) atoms. The van der Waals surface area contributed by atoms with Crippen molar-refractivity contribution in [2.45, 2.75) is 64.5 Å². The van der Waals surface area contributed by atoms with Crippen LogP contribution in [0, 0.1) is 5.92 Å². The van der Waals surface area contributed by atoms with Crippen molar-refractivity contribution >= 4 is 5.91 Å². The zero-order valence-corrected chi connectivity index (χ0v) is 13.6. The van der Waals surface area contributed by atoms with E-state index in [9.17, 15) is 4.79 Å². The van der Waals surface area contributed by atoms with E-state index >= 15 is 0 Å². The molecule has 2 aliphatic rings. The van der Waals surface area contributed by atoms with Crippen LogP contribution in [-0.2, 0) is 16.9 Å². The number of aromatic nitrogens is 2. The van der Waals surface area contributed by atoms with Crippen LogP contribution in [0.1, 0.15) is 64.1 Å². The summed E-state index contributed by atoms with van der Waals surface area (Å²) >= 11 is 0. The number of hydrogen-bond donors (Lipinski definition) is 1. The molecule has 2 saturated carbocycles. The van der Waals surface area contributed by atoms with Gasteiger partial charge in [-0.1, -0.05) is 31.8 Å². The van der Waals surface area contributed by atoms with Crippen LogP contribution in [0.25, 0.3) is 0 Å². The van der Waals surface area contributed by atoms with E-state index in [-0.39, 0.29) is 11.8 Å². The maximum Gasteiger partial charge on any atom is 0.240 e. The fourth-order valence-electron chi connectivity index (χ4n) is 3.22. The third kappa shape index (κ3) is 3.16. The molecule has 1 N–H and O–H groups in total. The molecule has 1 aromatic heterocycles. The average molecular weight is 306 g/mol. The lowest BCUT2D eigenvalue weighted by molar-refractivity contribution is -0.124. The first-order chi connectivity index (χ1) is 10.7. The van der Waals surface area contributed by atoms with Crippen LogP contribution in [-0.4, -0.2) is 34.0 Å². The molecule has 2 aliphatic carbocycles. The molecule has 0 saturated heterocycles. The molecule has 1 heterocycles. The maximum absolute atomic E-state index is 12.2. The van der Waals surface area contributed by atoms with Crippen molar-refractivity contribution in [3.05, 3.63) is 11.7 Å². The molecular weight excluding hydrogens is 280 g/mol. The zero-order chi connectivity index (χ0) is 15.6. The number of hydrogen-bond acceptors (Lipinski definition) is 5. The van der Waals surface area contributed by atoms with Crippen LogP contribution < -0.4 is 5.32 Å². The minimum atomic E-state index is -0.398. The Morgan fingerprint density at radius 1 is 1.32 bits per heavy atom. The van der Waals surface area contributed by atoms with Gasteiger partial charge in [-0.15, -0.1) is 0 Å². The summed E-state index contributed by atoms with van der Waals surface area (Å²) in [6, 6.07) is 0. The van der Waals surface area contributed by atoms with E-state index in [0.29, 0.717) is 18.3 Å². The van der Waals surface area contributed by atoms with Gasteiger partial charge in [-0.2, -0.15) is 4.98 Å². The summed E-state index contributed by atoms with van der Waals surface area (Å²) in [6.07, 6.45) is 6.06. The Labute approximate surface area is 131 Å². The Kier molecular flexibility index (Phi) is 4.47. The summed E-state index contributed by atoms with van der Waals surface area (Å²) in [4.78, 5) is 19.0. The van der Waals surface area contributed by atoms with Crippen molar-refractivity contribution in [3.8, 4) is 0 Å². The summed E-state index contributed by atoms with van der Waals surface area (Å²) in [5, 5.41) is 7.43.